The zero-order valence-electron chi connectivity index (χ0n) is 19.8. The van der Waals surface area contributed by atoms with Crippen LogP contribution in [0.15, 0.2) is 23.3 Å². The van der Waals surface area contributed by atoms with Crippen LogP contribution in [-0.2, 0) is 11.3 Å². The highest BCUT2D eigenvalue weighted by Gasteiger charge is 2.23. The Morgan fingerprint density at radius 1 is 1.32 bits per heavy atom. The molecule has 0 aromatic carbocycles. The van der Waals surface area contributed by atoms with E-state index in [2.05, 4.69) is 32.4 Å². The minimum absolute atomic E-state index is 0. The molecule has 1 atom stereocenters. The first-order valence-electron chi connectivity index (χ1n) is 10.8. The van der Waals surface area contributed by atoms with E-state index in [-0.39, 0.29) is 42.0 Å². The highest BCUT2D eigenvalue weighted by Crippen LogP contribution is 2.16. The van der Waals surface area contributed by atoms with Gasteiger partial charge in [-0.3, -0.25) is 9.69 Å². The number of likely N-dealkylation sites (tertiary alicyclic amines) is 1. The molecule has 1 unspecified atom stereocenters. The number of likely N-dealkylation sites (N-methyl/N-ethyl adjacent to an activating group) is 2. The first kappa shape index (κ1) is 27.4. The molecule has 2 rings (SSSR count). The number of amides is 1. The predicted molar refractivity (Wildman–Crippen MR) is 136 cm³/mol. The average Bonchev–Trinajstić information content (AvgIpc) is 3.14. The van der Waals surface area contributed by atoms with E-state index in [1.54, 1.807) is 25.2 Å². The van der Waals surface area contributed by atoms with Crippen LogP contribution in [0.1, 0.15) is 46.1 Å². The van der Waals surface area contributed by atoms with Crippen molar-refractivity contribution in [3.63, 3.8) is 0 Å². The highest BCUT2D eigenvalue weighted by atomic mass is 127. The van der Waals surface area contributed by atoms with Crippen LogP contribution in [0.2, 0.25) is 0 Å². The number of carbonyl (C=O) groups excluding carboxylic acids is 1. The fourth-order valence-electron chi connectivity index (χ4n) is 3.30. The Kier molecular flexibility index (Phi) is 11.5. The summed E-state index contributed by atoms with van der Waals surface area (Å²) in [5.74, 6) is 1.25. The van der Waals surface area contributed by atoms with Crippen molar-refractivity contribution in [2.75, 3.05) is 40.3 Å². The first-order chi connectivity index (χ1) is 14.2. The third-order valence-corrected chi connectivity index (χ3v) is 4.94. The van der Waals surface area contributed by atoms with Crippen molar-refractivity contribution >= 4 is 35.8 Å². The van der Waals surface area contributed by atoms with Crippen molar-refractivity contribution in [3.05, 3.63) is 23.9 Å². The molecule has 2 heterocycles. The Hall–Kier alpha value is -1.62. The van der Waals surface area contributed by atoms with Crippen LogP contribution in [-0.4, -0.2) is 78.6 Å². The molecule has 0 spiro atoms. The normalized spacial score (nSPS) is 17.1. The number of aliphatic imine (C=N–C) groups is 1. The molecule has 0 bridgehead atoms. The molecular formula is C22H39IN6O2. The predicted octanol–water partition coefficient (Wildman–Crippen LogP) is 2.48. The van der Waals surface area contributed by atoms with E-state index < -0.39 is 0 Å². The Labute approximate surface area is 204 Å². The lowest BCUT2D eigenvalue weighted by atomic mass is 10.2. The second-order valence-electron chi connectivity index (χ2n) is 8.83. The van der Waals surface area contributed by atoms with E-state index in [0.29, 0.717) is 24.4 Å². The number of guanidine groups is 1. The minimum atomic E-state index is -0.279. The molecule has 1 fully saturated rings. The van der Waals surface area contributed by atoms with E-state index in [1.165, 1.54) is 12.8 Å². The maximum absolute atomic E-state index is 12.0. The van der Waals surface area contributed by atoms with Crippen molar-refractivity contribution in [1.82, 2.24) is 25.4 Å². The van der Waals surface area contributed by atoms with Gasteiger partial charge in [0.25, 0.3) is 0 Å². The largest absolute Gasteiger partial charge is 0.472 e. The Morgan fingerprint density at radius 3 is 2.65 bits per heavy atom. The SMILES string of the molecule is CCN1CCCC1CNC(=NCc1ccc(OC(C)(C)C)nc1)NCC(=O)N(C)C.I. The van der Waals surface area contributed by atoms with Crippen LogP contribution < -0.4 is 15.4 Å². The van der Waals surface area contributed by atoms with E-state index >= 15 is 0 Å². The van der Waals surface area contributed by atoms with Gasteiger partial charge in [-0.25, -0.2) is 9.98 Å². The quantitative estimate of drug-likeness (QED) is 0.296. The van der Waals surface area contributed by atoms with Gasteiger partial charge < -0.3 is 20.3 Å². The van der Waals surface area contributed by atoms with Gasteiger partial charge in [0.15, 0.2) is 5.96 Å². The van der Waals surface area contributed by atoms with Crippen LogP contribution in [0, 0.1) is 0 Å². The Balaban J connectivity index is 0.00000480. The summed E-state index contributed by atoms with van der Waals surface area (Å²) in [6.07, 6.45) is 4.20. The van der Waals surface area contributed by atoms with Crippen molar-refractivity contribution in [2.24, 2.45) is 4.99 Å². The summed E-state index contributed by atoms with van der Waals surface area (Å²) in [4.78, 5) is 25.1. The Morgan fingerprint density at radius 2 is 2.06 bits per heavy atom. The van der Waals surface area contributed by atoms with Crippen molar-refractivity contribution < 1.29 is 9.53 Å². The number of nitrogens with one attached hydrogen (secondary N) is 2. The minimum Gasteiger partial charge on any atom is -0.472 e. The molecule has 1 aliphatic rings. The van der Waals surface area contributed by atoms with Gasteiger partial charge in [-0.1, -0.05) is 13.0 Å². The summed E-state index contributed by atoms with van der Waals surface area (Å²) >= 11 is 0. The standard InChI is InChI=1S/C22H38N6O2.HI/c1-7-28-12-8-9-18(28)15-25-21(26-16-20(29)27(5)6)24-14-17-10-11-19(23-13-17)30-22(2,3)4;/h10-11,13,18H,7-9,12,14-16H2,1-6H3,(H2,24,25,26);1H. The topological polar surface area (TPSA) is 82.1 Å². The summed E-state index contributed by atoms with van der Waals surface area (Å²) in [6.45, 7) is 11.9. The molecule has 1 amide bonds. The third-order valence-electron chi connectivity index (χ3n) is 4.94. The number of nitrogens with zero attached hydrogens (tertiary/aromatic N) is 4. The molecule has 1 aliphatic heterocycles. The zero-order valence-corrected chi connectivity index (χ0v) is 22.1. The molecular weight excluding hydrogens is 507 g/mol. The molecule has 2 N–H and O–H groups in total. The molecule has 0 saturated carbocycles. The first-order valence-corrected chi connectivity index (χ1v) is 10.8. The Bertz CT molecular complexity index is 703. The summed E-state index contributed by atoms with van der Waals surface area (Å²) in [7, 11) is 3.50. The average molecular weight is 546 g/mol. The number of ether oxygens (including phenoxy) is 1. The number of carbonyl (C=O) groups is 1. The van der Waals surface area contributed by atoms with Gasteiger partial charge in [0, 0.05) is 38.9 Å². The monoisotopic (exact) mass is 546 g/mol. The van der Waals surface area contributed by atoms with Crippen molar-refractivity contribution in [3.8, 4) is 5.88 Å². The van der Waals surface area contributed by atoms with Gasteiger partial charge >= 0.3 is 0 Å². The number of hydrogen-bond acceptors (Lipinski definition) is 5. The molecule has 0 aliphatic carbocycles. The van der Waals surface area contributed by atoms with Gasteiger partial charge in [0.1, 0.15) is 5.60 Å². The van der Waals surface area contributed by atoms with Gasteiger partial charge in [-0.2, -0.15) is 0 Å². The summed E-state index contributed by atoms with van der Waals surface area (Å²) in [5.41, 5.74) is 0.701. The van der Waals surface area contributed by atoms with E-state index in [9.17, 15) is 4.79 Å². The third kappa shape index (κ3) is 10.0. The van der Waals surface area contributed by atoms with Crippen LogP contribution in [0.4, 0.5) is 0 Å². The second-order valence-corrected chi connectivity index (χ2v) is 8.83. The van der Waals surface area contributed by atoms with Gasteiger partial charge in [0.2, 0.25) is 11.8 Å². The number of rotatable bonds is 8. The molecule has 8 nitrogen and oxygen atoms in total. The molecule has 31 heavy (non-hydrogen) atoms. The number of aromatic nitrogens is 1. The smallest absolute Gasteiger partial charge is 0.241 e. The molecule has 1 saturated heterocycles. The second kappa shape index (κ2) is 13.0. The van der Waals surface area contributed by atoms with Crippen molar-refractivity contribution in [2.45, 2.75) is 58.7 Å². The lowest BCUT2D eigenvalue weighted by Gasteiger charge is -2.24. The van der Waals surface area contributed by atoms with Crippen LogP contribution >= 0.6 is 24.0 Å². The molecule has 0 radical (unpaired) electrons. The summed E-state index contributed by atoms with van der Waals surface area (Å²) in [5, 5.41) is 6.57. The molecule has 1 aromatic rings. The van der Waals surface area contributed by atoms with Crippen molar-refractivity contribution in [1.29, 1.82) is 0 Å². The van der Waals surface area contributed by atoms with Gasteiger partial charge in [0.05, 0.1) is 13.1 Å². The van der Waals surface area contributed by atoms with Crippen LogP contribution in [0.3, 0.4) is 0 Å². The number of hydrogen-bond donors (Lipinski definition) is 2. The fraction of sp³-hybridized carbons (Fsp3) is 0.682. The maximum Gasteiger partial charge on any atom is 0.241 e. The molecule has 1 aromatic heterocycles. The van der Waals surface area contributed by atoms with E-state index in [4.69, 9.17) is 4.74 Å². The summed E-state index contributed by atoms with van der Waals surface area (Å²) in [6, 6.07) is 4.34. The van der Waals surface area contributed by atoms with Crippen LogP contribution in [0.5, 0.6) is 5.88 Å². The fourth-order valence-corrected chi connectivity index (χ4v) is 3.30. The van der Waals surface area contributed by atoms with E-state index in [1.807, 2.05) is 32.9 Å². The zero-order chi connectivity index (χ0) is 22.1. The molecule has 9 heteroatoms. The van der Waals surface area contributed by atoms with Gasteiger partial charge in [-0.15, -0.1) is 24.0 Å². The lowest BCUT2D eigenvalue weighted by Crippen LogP contribution is -2.47. The molecule has 176 valence electrons. The van der Waals surface area contributed by atoms with Gasteiger partial charge in [-0.05, 0) is 52.3 Å². The van der Waals surface area contributed by atoms with Crippen LogP contribution in [0.25, 0.3) is 0 Å². The summed E-state index contributed by atoms with van der Waals surface area (Å²) < 4.78 is 5.77. The van der Waals surface area contributed by atoms with E-state index in [0.717, 1.165) is 25.2 Å². The lowest BCUT2D eigenvalue weighted by molar-refractivity contribution is -0.127. The number of halogens is 1. The highest BCUT2D eigenvalue weighted by molar-refractivity contribution is 14.0. The number of pyridine rings is 1. The maximum atomic E-state index is 12.0.